The number of nitrogens with zero attached hydrogens (tertiary/aromatic N) is 3. The van der Waals surface area contributed by atoms with Gasteiger partial charge in [-0.3, -0.25) is 5.43 Å². The Bertz CT molecular complexity index is 589. The van der Waals surface area contributed by atoms with Gasteiger partial charge in [0, 0.05) is 6.54 Å². The third kappa shape index (κ3) is 4.57. The van der Waals surface area contributed by atoms with Gasteiger partial charge < -0.3 is 10.1 Å². The van der Waals surface area contributed by atoms with Gasteiger partial charge in [-0.25, -0.2) is 5.84 Å². The SMILES string of the molecule is CCCOc1nc(NN)nc(NCc2cccc(C)c2)n1. The number of rotatable bonds is 7. The molecule has 0 bridgehead atoms. The van der Waals surface area contributed by atoms with Gasteiger partial charge in [0.2, 0.25) is 11.9 Å². The first-order chi connectivity index (χ1) is 10.2. The third-order valence-corrected chi connectivity index (χ3v) is 2.71. The van der Waals surface area contributed by atoms with E-state index in [-0.39, 0.29) is 12.0 Å². The summed E-state index contributed by atoms with van der Waals surface area (Å²) in [5.74, 6) is 6.05. The van der Waals surface area contributed by atoms with Crippen molar-refractivity contribution in [2.45, 2.75) is 26.8 Å². The molecule has 7 nitrogen and oxygen atoms in total. The molecule has 0 radical (unpaired) electrons. The summed E-state index contributed by atoms with van der Waals surface area (Å²) in [6, 6.07) is 8.47. The molecule has 21 heavy (non-hydrogen) atoms. The Morgan fingerprint density at radius 1 is 1.19 bits per heavy atom. The molecule has 7 heteroatoms. The van der Waals surface area contributed by atoms with Crippen LogP contribution in [0, 0.1) is 6.92 Å². The molecular formula is C14H20N6O. The zero-order valence-corrected chi connectivity index (χ0v) is 12.3. The van der Waals surface area contributed by atoms with Crippen LogP contribution in [0.4, 0.5) is 11.9 Å². The van der Waals surface area contributed by atoms with E-state index in [4.69, 9.17) is 10.6 Å². The second-order valence-corrected chi connectivity index (χ2v) is 4.60. The summed E-state index contributed by atoms with van der Waals surface area (Å²) in [7, 11) is 0. The average molecular weight is 288 g/mol. The number of benzene rings is 1. The second kappa shape index (κ2) is 7.39. The van der Waals surface area contributed by atoms with Crippen molar-refractivity contribution in [3.05, 3.63) is 35.4 Å². The van der Waals surface area contributed by atoms with Gasteiger partial charge in [-0.15, -0.1) is 0 Å². The van der Waals surface area contributed by atoms with Crippen LogP contribution in [-0.4, -0.2) is 21.6 Å². The predicted molar refractivity (Wildman–Crippen MR) is 81.9 cm³/mol. The van der Waals surface area contributed by atoms with Crippen LogP contribution < -0.4 is 21.3 Å². The number of nitrogen functional groups attached to an aromatic ring is 1. The molecule has 0 spiro atoms. The van der Waals surface area contributed by atoms with E-state index in [1.807, 2.05) is 19.1 Å². The van der Waals surface area contributed by atoms with E-state index < -0.39 is 0 Å². The van der Waals surface area contributed by atoms with Gasteiger partial charge in [0.1, 0.15) is 0 Å². The molecule has 0 fully saturated rings. The molecule has 0 aliphatic rings. The zero-order chi connectivity index (χ0) is 15.1. The fourth-order valence-corrected chi connectivity index (χ4v) is 1.76. The quantitative estimate of drug-likeness (QED) is 0.528. The van der Waals surface area contributed by atoms with Crippen molar-refractivity contribution in [1.82, 2.24) is 15.0 Å². The van der Waals surface area contributed by atoms with E-state index in [1.165, 1.54) is 5.56 Å². The number of nitrogens with one attached hydrogen (secondary N) is 2. The number of aryl methyl sites for hydroxylation is 1. The van der Waals surface area contributed by atoms with Gasteiger partial charge in [0.15, 0.2) is 0 Å². The van der Waals surface area contributed by atoms with Crippen molar-refractivity contribution in [3.8, 4) is 6.01 Å². The maximum atomic E-state index is 5.41. The first-order valence-electron chi connectivity index (χ1n) is 6.86. The Morgan fingerprint density at radius 2 is 2.00 bits per heavy atom. The average Bonchev–Trinajstić information content (AvgIpc) is 2.51. The molecule has 0 saturated heterocycles. The minimum atomic E-state index is 0.256. The topological polar surface area (TPSA) is 98.0 Å². The maximum Gasteiger partial charge on any atom is 0.323 e. The number of hydrazine groups is 1. The summed E-state index contributed by atoms with van der Waals surface area (Å²) >= 11 is 0. The van der Waals surface area contributed by atoms with Crippen LogP contribution >= 0.6 is 0 Å². The standard InChI is InChI=1S/C14H20N6O/c1-3-7-21-14-18-12(17-13(19-14)20-15)16-9-11-6-4-5-10(2)8-11/h4-6,8H,3,7,9,15H2,1-2H3,(H2,16,17,18,19,20). The summed E-state index contributed by atoms with van der Waals surface area (Å²) in [6.07, 6.45) is 0.878. The highest BCUT2D eigenvalue weighted by atomic mass is 16.5. The number of anilines is 2. The molecule has 0 aliphatic heterocycles. The first-order valence-corrected chi connectivity index (χ1v) is 6.86. The van der Waals surface area contributed by atoms with E-state index in [2.05, 4.69) is 44.8 Å². The van der Waals surface area contributed by atoms with Crippen molar-refractivity contribution in [2.75, 3.05) is 17.3 Å². The molecule has 0 atom stereocenters. The highest BCUT2D eigenvalue weighted by Gasteiger charge is 2.06. The van der Waals surface area contributed by atoms with Crippen molar-refractivity contribution in [1.29, 1.82) is 0 Å². The lowest BCUT2D eigenvalue weighted by atomic mass is 10.1. The van der Waals surface area contributed by atoms with Crippen molar-refractivity contribution < 1.29 is 4.74 Å². The summed E-state index contributed by atoms with van der Waals surface area (Å²) in [4.78, 5) is 12.4. The van der Waals surface area contributed by atoms with Gasteiger partial charge in [0.05, 0.1) is 6.61 Å². The van der Waals surface area contributed by atoms with Crippen LogP contribution in [0.3, 0.4) is 0 Å². The molecule has 1 aromatic heterocycles. The van der Waals surface area contributed by atoms with Gasteiger partial charge in [-0.05, 0) is 18.9 Å². The van der Waals surface area contributed by atoms with Crippen LogP contribution in [0.5, 0.6) is 6.01 Å². The summed E-state index contributed by atoms with van der Waals surface area (Å²) in [6.45, 7) is 5.23. The molecule has 0 amide bonds. The highest BCUT2D eigenvalue weighted by Crippen LogP contribution is 2.12. The Morgan fingerprint density at radius 3 is 2.71 bits per heavy atom. The van der Waals surface area contributed by atoms with Crippen LogP contribution in [0.25, 0.3) is 0 Å². The van der Waals surface area contributed by atoms with Crippen LogP contribution in [0.2, 0.25) is 0 Å². The van der Waals surface area contributed by atoms with Gasteiger partial charge in [0.25, 0.3) is 0 Å². The van der Waals surface area contributed by atoms with Crippen molar-refractivity contribution >= 4 is 11.9 Å². The summed E-state index contributed by atoms with van der Waals surface area (Å²) in [5, 5.41) is 3.14. The molecule has 0 unspecified atom stereocenters. The fraction of sp³-hybridized carbons (Fsp3) is 0.357. The number of nitrogens with two attached hydrogens (primary N) is 1. The first kappa shape index (κ1) is 15.0. The molecule has 0 saturated carbocycles. The van der Waals surface area contributed by atoms with Crippen LogP contribution in [0.1, 0.15) is 24.5 Å². The smallest absolute Gasteiger partial charge is 0.323 e. The van der Waals surface area contributed by atoms with E-state index >= 15 is 0 Å². The predicted octanol–water partition coefficient (Wildman–Crippen LogP) is 1.87. The van der Waals surface area contributed by atoms with E-state index in [0.717, 1.165) is 12.0 Å². The maximum absolute atomic E-state index is 5.41. The Labute approximate surface area is 123 Å². The zero-order valence-electron chi connectivity index (χ0n) is 12.3. The van der Waals surface area contributed by atoms with Gasteiger partial charge in [-0.2, -0.15) is 15.0 Å². The van der Waals surface area contributed by atoms with Gasteiger partial charge >= 0.3 is 6.01 Å². The summed E-state index contributed by atoms with van der Waals surface area (Å²) in [5.41, 5.74) is 4.77. The van der Waals surface area contributed by atoms with Crippen LogP contribution in [0.15, 0.2) is 24.3 Å². The van der Waals surface area contributed by atoms with Crippen molar-refractivity contribution in [2.24, 2.45) is 5.84 Å². The lowest BCUT2D eigenvalue weighted by molar-refractivity contribution is 0.292. The number of hydrogen-bond acceptors (Lipinski definition) is 7. The minimum Gasteiger partial charge on any atom is -0.463 e. The molecule has 1 heterocycles. The normalized spacial score (nSPS) is 10.2. The lowest BCUT2D eigenvalue weighted by Crippen LogP contribution is -2.14. The monoisotopic (exact) mass is 288 g/mol. The van der Waals surface area contributed by atoms with E-state index in [1.54, 1.807) is 0 Å². The van der Waals surface area contributed by atoms with E-state index in [9.17, 15) is 0 Å². The minimum absolute atomic E-state index is 0.256. The summed E-state index contributed by atoms with van der Waals surface area (Å²) < 4.78 is 5.41. The second-order valence-electron chi connectivity index (χ2n) is 4.60. The number of aromatic nitrogens is 3. The molecule has 1 aromatic carbocycles. The Kier molecular flexibility index (Phi) is 5.28. The Hall–Kier alpha value is -2.41. The van der Waals surface area contributed by atoms with Crippen molar-refractivity contribution in [3.63, 3.8) is 0 Å². The Balaban J connectivity index is 2.07. The molecule has 0 aliphatic carbocycles. The molecule has 2 aromatic rings. The van der Waals surface area contributed by atoms with Gasteiger partial charge in [-0.1, -0.05) is 36.8 Å². The fourth-order valence-electron chi connectivity index (χ4n) is 1.76. The van der Waals surface area contributed by atoms with Crippen LogP contribution in [-0.2, 0) is 6.54 Å². The molecular weight excluding hydrogens is 268 g/mol. The molecule has 2 rings (SSSR count). The number of ether oxygens (including phenoxy) is 1. The largest absolute Gasteiger partial charge is 0.463 e. The third-order valence-electron chi connectivity index (χ3n) is 2.71. The highest BCUT2D eigenvalue weighted by molar-refractivity contribution is 5.36. The lowest BCUT2D eigenvalue weighted by Gasteiger charge is -2.09. The molecule has 4 N–H and O–H groups in total. The number of hydrogen-bond donors (Lipinski definition) is 3. The molecule has 112 valence electrons. The van der Waals surface area contributed by atoms with E-state index in [0.29, 0.717) is 19.1 Å².